The summed E-state index contributed by atoms with van der Waals surface area (Å²) < 4.78 is 4.77. The van der Waals surface area contributed by atoms with Crippen molar-refractivity contribution >= 4 is 76.1 Å². The molecule has 59 heavy (non-hydrogen) atoms. The Morgan fingerprint density at radius 1 is 0.407 bits per heavy atom. The first-order chi connectivity index (χ1) is 29.0. The molecule has 0 N–H and O–H groups in total. The third-order valence-electron chi connectivity index (χ3n) is 13.1. The lowest BCUT2D eigenvalue weighted by Crippen LogP contribution is -2.15. The zero-order valence-corrected chi connectivity index (χ0v) is 32.6. The number of fused-ring (bicyclic) bond motifs is 12. The maximum atomic E-state index is 5.59. The van der Waals surface area contributed by atoms with Crippen LogP contribution in [0.2, 0.25) is 0 Å². The molecule has 276 valence electrons. The molecule has 0 aliphatic heterocycles. The maximum absolute atomic E-state index is 5.59. The molecule has 0 spiro atoms. The van der Waals surface area contributed by atoms with Crippen molar-refractivity contribution in [3.8, 4) is 34.0 Å². The molecule has 3 heterocycles. The number of rotatable bonds is 3. The standard InChI is InChI=1S/C55H36N4/c1-55(2)44-21-10-7-18-38(44)39-27-26-37(30-45(39)55)53-41-20-8-11-22-46(41)56-54(57-53)59-49-25-13-24-48(52(49)43-29-34-15-4-6-17-36(34)32-51(43)59)58-47-23-12-9-19-40(47)42-28-33-14-3-5-16-35(33)31-50(42)58/h3-32H,1-2H3. The third kappa shape index (κ3) is 4.49. The van der Waals surface area contributed by atoms with Gasteiger partial charge >= 0.3 is 0 Å². The van der Waals surface area contributed by atoms with Crippen LogP contribution < -0.4 is 0 Å². The molecular weight excluding hydrogens is 717 g/mol. The molecule has 0 radical (unpaired) electrons. The fourth-order valence-electron chi connectivity index (χ4n) is 10.3. The molecule has 4 nitrogen and oxygen atoms in total. The van der Waals surface area contributed by atoms with Gasteiger partial charge in [-0.3, -0.25) is 4.57 Å². The second-order valence-electron chi connectivity index (χ2n) is 16.6. The number of hydrogen-bond donors (Lipinski definition) is 0. The van der Waals surface area contributed by atoms with Crippen LogP contribution in [-0.4, -0.2) is 19.1 Å². The number of aromatic nitrogens is 4. The Hall–Kier alpha value is -7.56. The average molecular weight is 753 g/mol. The fourth-order valence-corrected chi connectivity index (χ4v) is 10.3. The minimum absolute atomic E-state index is 0.128. The molecule has 0 saturated carbocycles. The second-order valence-corrected chi connectivity index (χ2v) is 16.6. The Kier molecular flexibility index (Phi) is 6.48. The summed E-state index contributed by atoms with van der Waals surface area (Å²) in [6.45, 7) is 4.68. The van der Waals surface area contributed by atoms with E-state index in [1.165, 1.54) is 71.0 Å². The van der Waals surface area contributed by atoms with Gasteiger partial charge < -0.3 is 4.57 Å². The van der Waals surface area contributed by atoms with Crippen molar-refractivity contribution in [1.29, 1.82) is 0 Å². The predicted molar refractivity (Wildman–Crippen MR) is 246 cm³/mol. The van der Waals surface area contributed by atoms with Gasteiger partial charge in [-0.05, 0) is 98.4 Å². The molecule has 3 aromatic heterocycles. The van der Waals surface area contributed by atoms with Crippen LogP contribution in [0.1, 0.15) is 25.0 Å². The van der Waals surface area contributed by atoms with Gasteiger partial charge in [-0.2, -0.15) is 0 Å². The van der Waals surface area contributed by atoms with Crippen molar-refractivity contribution in [3.63, 3.8) is 0 Å². The predicted octanol–water partition coefficient (Wildman–Crippen LogP) is 14.1. The van der Waals surface area contributed by atoms with E-state index >= 15 is 0 Å². The van der Waals surface area contributed by atoms with E-state index in [9.17, 15) is 0 Å². The van der Waals surface area contributed by atoms with Gasteiger partial charge in [-0.25, -0.2) is 9.97 Å². The van der Waals surface area contributed by atoms with Crippen LogP contribution >= 0.6 is 0 Å². The van der Waals surface area contributed by atoms with Gasteiger partial charge in [0, 0.05) is 37.9 Å². The molecule has 1 aliphatic carbocycles. The summed E-state index contributed by atoms with van der Waals surface area (Å²) >= 11 is 0. The molecule has 0 fully saturated rings. The summed E-state index contributed by atoms with van der Waals surface area (Å²) in [4.78, 5) is 11.0. The molecule has 0 amide bonds. The van der Waals surface area contributed by atoms with Crippen molar-refractivity contribution in [1.82, 2.24) is 19.1 Å². The Bertz CT molecular complexity index is 3770. The van der Waals surface area contributed by atoms with E-state index in [4.69, 9.17) is 9.97 Å². The zero-order valence-electron chi connectivity index (χ0n) is 32.6. The maximum Gasteiger partial charge on any atom is 0.235 e. The number of para-hydroxylation sites is 2. The van der Waals surface area contributed by atoms with Crippen molar-refractivity contribution in [2.24, 2.45) is 0 Å². The Morgan fingerprint density at radius 3 is 1.81 bits per heavy atom. The van der Waals surface area contributed by atoms with E-state index in [1.807, 2.05) is 0 Å². The van der Waals surface area contributed by atoms with Gasteiger partial charge in [0.05, 0.1) is 39.0 Å². The van der Waals surface area contributed by atoms with E-state index in [0.717, 1.165) is 44.3 Å². The lowest BCUT2D eigenvalue weighted by atomic mass is 9.82. The molecular formula is C55H36N4. The molecule has 0 saturated heterocycles. The Balaban J connectivity index is 1.12. The van der Waals surface area contributed by atoms with E-state index < -0.39 is 0 Å². The lowest BCUT2D eigenvalue weighted by Gasteiger charge is -2.22. The fraction of sp³-hybridized carbons (Fsp3) is 0.0545. The van der Waals surface area contributed by atoms with Gasteiger partial charge in [0.15, 0.2) is 0 Å². The van der Waals surface area contributed by atoms with Crippen LogP contribution in [0.5, 0.6) is 0 Å². The van der Waals surface area contributed by atoms with Gasteiger partial charge in [0.1, 0.15) is 0 Å². The number of nitrogens with zero attached hydrogens (tertiary/aromatic N) is 4. The first kappa shape index (κ1) is 32.5. The van der Waals surface area contributed by atoms with Crippen molar-refractivity contribution in [2.45, 2.75) is 19.3 Å². The van der Waals surface area contributed by atoms with Gasteiger partial charge in [-0.1, -0.05) is 141 Å². The molecule has 9 aromatic carbocycles. The summed E-state index contributed by atoms with van der Waals surface area (Å²) in [5.74, 6) is 0.655. The highest BCUT2D eigenvalue weighted by atomic mass is 15.2. The highest BCUT2D eigenvalue weighted by Crippen LogP contribution is 2.50. The van der Waals surface area contributed by atoms with E-state index in [1.54, 1.807) is 0 Å². The zero-order chi connectivity index (χ0) is 39.0. The highest BCUT2D eigenvalue weighted by Gasteiger charge is 2.35. The van der Waals surface area contributed by atoms with Crippen LogP contribution in [0.25, 0.3) is 110 Å². The number of hydrogen-bond acceptors (Lipinski definition) is 2. The Labute approximate surface area is 340 Å². The highest BCUT2D eigenvalue weighted by molar-refractivity contribution is 6.19. The normalized spacial score (nSPS) is 13.4. The topological polar surface area (TPSA) is 35.6 Å². The minimum Gasteiger partial charge on any atom is -0.309 e. The van der Waals surface area contributed by atoms with Crippen LogP contribution in [0.3, 0.4) is 0 Å². The monoisotopic (exact) mass is 752 g/mol. The van der Waals surface area contributed by atoms with Crippen LogP contribution in [-0.2, 0) is 5.41 Å². The van der Waals surface area contributed by atoms with Crippen molar-refractivity contribution in [2.75, 3.05) is 0 Å². The first-order valence-electron chi connectivity index (χ1n) is 20.4. The molecule has 0 atom stereocenters. The third-order valence-corrected chi connectivity index (χ3v) is 13.1. The van der Waals surface area contributed by atoms with Crippen molar-refractivity contribution in [3.05, 3.63) is 193 Å². The van der Waals surface area contributed by atoms with Crippen LogP contribution in [0.15, 0.2) is 182 Å². The van der Waals surface area contributed by atoms with Gasteiger partial charge in [-0.15, -0.1) is 0 Å². The summed E-state index contributed by atoms with van der Waals surface area (Å²) in [7, 11) is 0. The molecule has 13 rings (SSSR count). The van der Waals surface area contributed by atoms with E-state index in [-0.39, 0.29) is 5.41 Å². The molecule has 0 unspecified atom stereocenters. The summed E-state index contributed by atoms with van der Waals surface area (Å²) in [6, 6.07) is 66.4. The van der Waals surface area contributed by atoms with Gasteiger partial charge in [0.2, 0.25) is 5.95 Å². The van der Waals surface area contributed by atoms with E-state index in [0.29, 0.717) is 5.95 Å². The molecule has 1 aliphatic rings. The lowest BCUT2D eigenvalue weighted by molar-refractivity contribution is 0.660. The molecule has 12 aromatic rings. The average Bonchev–Trinajstić information content (AvgIpc) is 3.86. The largest absolute Gasteiger partial charge is 0.309 e. The van der Waals surface area contributed by atoms with E-state index in [2.05, 4.69) is 205 Å². The second kappa shape index (κ2) is 11.7. The first-order valence-corrected chi connectivity index (χ1v) is 20.4. The number of benzene rings is 9. The van der Waals surface area contributed by atoms with Crippen LogP contribution in [0.4, 0.5) is 0 Å². The van der Waals surface area contributed by atoms with Crippen molar-refractivity contribution < 1.29 is 0 Å². The SMILES string of the molecule is CC1(C)c2ccccc2-c2ccc(-c3nc(-n4c5cc6ccccc6cc5c5c(-n6c7ccccc7c7cc8ccccc8cc76)cccc54)nc4ccccc34)cc21. The summed E-state index contributed by atoms with van der Waals surface area (Å²) in [6.07, 6.45) is 0. The van der Waals surface area contributed by atoms with Crippen LogP contribution in [0, 0.1) is 0 Å². The van der Waals surface area contributed by atoms with Gasteiger partial charge in [0.25, 0.3) is 0 Å². The molecule has 4 heteroatoms. The summed E-state index contributed by atoms with van der Waals surface area (Å²) in [5.41, 5.74) is 13.7. The Morgan fingerprint density at radius 2 is 1.02 bits per heavy atom. The quantitative estimate of drug-likeness (QED) is 0.180. The summed E-state index contributed by atoms with van der Waals surface area (Å²) in [5, 5.41) is 10.7. The molecule has 0 bridgehead atoms. The minimum atomic E-state index is -0.128. The smallest absolute Gasteiger partial charge is 0.235 e.